The molecule has 0 bridgehead atoms. The number of nitrogens with one attached hydrogen (secondary N) is 1. The zero-order chi connectivity index (χ0) is 21.0. The molecule has 6 nitrogen and oxygen atoms in total. The minimum atomic E-state index is -0.832. The second kappa shape index (κ2) is 9.41. The molecular weight excluding hydrogens is 436 g/mol. The van der Waals surface area contributed by atoms with E-state index in [1.165, 1.54) is 0 Å². The molecule has 29 heavy (non-hydrogen) atoms. The van der Waals surface area contributed by atoms with Gasteiger partial charge in [-0.15, -0.1) is 0 Å². The Morgan fingerprint density at radius 1 is 1.31 bits per heavy atom. The molecule has 7 heteroatoms. The van der Waals surface area contributed by atoms with Gasteiger partial charge < -0.3 is 20.1 Å². The van der Waals surface area contributed by atoms with Gasteiger partial charge in [-0.05, 0) is 55.3 Å². The smallest absolute Gasteiger partial charge is 0.227 e. The van der Waals surface area contributed by atoms with Crippen molar-refractivity contribution >= 4 is 33.4 Å². The van der Waals surface area contributed by atoms with Crippen molar-refractivity contribution in [3.05, 3.63) is 58.1 Å². The van der Waals surface area contributed by atoms with Crippen molar-refractivity contribution in [2.75, 3.05) is 24.6 Å². The average molecular weight is 461 g/mol. The molecule has 3 rings (SSSR count). The summed E-state index contributed by atoms with van der Waals surface area (Å²) in [6.07, 6.45) is -0.668. The summed E-state index contributed by atoms with van der Waals surface area (Å²) in [5.74, 6) is -0.0620. The summed E-state index contributed by atoms with van der Waals surface area (Å²) in [6.45, 7) is 4.41. The van der Waals surface area contributed by atoms with Gasteiger partial charge in [0.15, 0.2) is 0 Å². The molecule has 0 saturated carbocycles. The van der Waals surface area contributed by atoms with Crippen LogP contribution in [0.2, 0.25) is 0 Å². The Balaban J connectivity index is 1.48. The molecule has 0 spiro atoms. The molecule has 1 aliphatic rings. The van der Waals surface area contributed by atoms with Crippen LogP contribution >= 0.6 is 15.9 Å². The number of carbonyl (C=O) groups excluding carboxylic acids is 2. The van der Waals surface area contributed by atoms with E-state index >= 15 is 0 Å². The third-order valence-electron chi connectivity index (χ3n) is 4.89. The number of amides is 2. The number of ether oxygens (including phenoxy) is 1. The van der Waals surface area contributed by atoms with Crippen molar-refractivity contribution in [3.63, 3.8) is 0 Å². The zero-order valence-corrected chi connectivity index (χ0v) is 18.1. The number of nitrogens with zero attached hydrogens (tertiary/aromatic N) is 1. The highest BCUT2D eigenvalue weighted by molar-refractivity contribution is 9.10. The second-order valence-corrected chi connectivity index (χ2v) is 8.22. The van der Waals surface area contributed by atoms with E-state index in [-0.39, 0.29) is 31.4 Å². The largest absolute Gasteiger partial charge is 0.491 e. The van der Waals surface area contributed by atoms with Crippen LogP contribution in [0.5, 0.6) is 5.75 Å². The van der Waals surface area contributed by atoms with Crippen LogP contribution in [-0.2, 0) is 9.59 Å². The van der Waals surface area contributed by atoms with Gasteiger partial charge in [0.1, 0.15) is 18.5 Å². The van der Waals surface area contributed by atoms with Gasteiger partial charge in [0.05, 0.1) is 5.92 Å². The van der Waals surface area contributed by atoms with E-state index in [1.54, 1.807) is 4.90 Å². The van der Waals surface area contributed by atoms with Gasteiger partial charge in [0.2, 0.25) is 11.8 Å². The maximum atomic E-state index is 12.5. The number of anilines is 1. The highest BCUT2D eigenvalue weighted by Gasteiger charge is 2.35. The van der Waals surface area contributed by atoms with Gasteiger partial charge in [-0.3, -0.25) is 9.59 Å². The van der Waals surface area contributed by atoms with Crippen molar-refractivity contribution in [3.8, 4) is 5.75 Å². The first-order chi connectivity index (χ1) is 13.8. The molecule has 0 aromatic heterocycles. The molecule has 1 aliphatic heterocycles. The van der Waals surface area contributed by atoms with Gasteiger partial charge in [0, 0.05) is 29.7 Å². The van der Waals surface area contributed by atoms with E-state index in [1.807, 2.05) is 56.3 Å². The molecule has 2 unspecified atom stereocenters. The van der Waals surface area contributed by atoms with Crippen LogP contribution in [0.15, 0.2) is 46.9 Å². The Hall–Kier alpha value is -2.38. The van der Waals surface area contributed by atoms with Gasteiger partial charge in [0.25, 0.3) is 0 Å². The summed E-state index contributed by atoms with van der Waals surface area (Å²) in [4.78, 5) is 26.5. The van der Waals surface area contributed by atoms with Crippen molar-refractivity contribution < 1.29 is 19.4 Å². The number of halogens is 1. The lowest BCUT2D eigenvalue weighted by atomic mass is 10.1. The van der Waals surface area contributed by atoms with Crippen LogP contribution < -0.4 is 15.0 Å². The maximum absolute atomic E-state index is 12.5. The van der Waals surface area contributed by atoms with E-state index in [0.29, 0.717) is 12.3 Å². The molecular formula is C22H25BrN2O4. The summed E-state index contributed by atoms with van der Waals surface area (Å²) in [6, 6.07) is 13.2. The molecule has 1 saturated heterocycles. The topological polar surface area (TPSA) is 78.9 Å². The van der Waals surface area contributed by atoms with Crippen LogP contribution in [-0.4, -0.2) is 42.7 Å². The number of hydrogen-bond acceptors (Lipinski definition) is 4. The minimum absolute atomic E-state index is 0.0739. The molecule has 154 valence electrons. The quantitative estimate of drug-likeness (QED) is 0.665. The maximum Gasteiger partial charge on any atom is 0.227 e. The molecule has 2 aromatic rings. The highest BCUT2D eigenvalue weighted by Crippen LogP contribution is 2.28. The first-order valence-electron chi connectivity index (χ1n) is 9.55. The molecule has 1 heterocycles. The Bertz CT molecular complexity index is 902. The fourth-order valence-electron chi connectivity index (χ4n) is 3.25. The van der Waals surface area contributed by atoms with Crippen molar-refractivity contribution in [2.45, 2.75) is 26.4 Å². The lowest BCUT2D eigenvalue weighted by molar-refractivity contribution is -0.126. The van der Waals surface area contributed by atoms with Gasteiger partial charge in [-0.2, -0.15) is 0 Å². The third kappa shape index (κ3) is 5.58. The predicted octanol–water partition coefficient (Wildman–Crippen LogP) is 2.97. The number of aliphatic hydroxyl groups is 1. The Labute approximate surface area is 179 Å². The molecule has 2 N–H and O–H groups in total. The van der Waals surface area contributed by atoms with Crippen molar-refractivity contribution in [1.29, 1.82) is 0 Å². The third-order valence-corrected chi connectivity index (χ3v) is 5.78. The number of aliphatic hydroxyl groups excluding tert-OH is 1. The van der Waals surface area contributed by atoms with Crippen LogP contribution in [0, 0.1) is 19.8 Å². The van der Waals surface area contributed by atoms with Crippen LogP contribution in [0.25, 0.3) is 0 Å². The molecule has 1 fully saturated rings. The normalized spacial score (nSPS) is 17.3. The Morgan fingerprint density at radius 3 is 2.83 bits per heavy atom. The van der Waals surface area contributed by atoms with Gasteiger partial charge >= 0.3 is 0 Å². The average Bonchev–Trinajstić information content (AvgIpc) is 3.08. The molecule has 2 atom stereocenters. The van der Waals surface area contributed by atoms with Crippen molar-refractivity contribution in [1.82, 2.24) is 5.32 Å². The number of rotatable bonds is 7. The van der Waals surface area contributed by atoms with Crippen LogP contribution in [0.4, 0.5) is 5.69 Å². The summed E-state index contributed by atoms with van der Waals surface area (Å²) in [7, 11) is 0. The number of hydrogen-bond donors (Lipinski definition) is 2. The van der Waals surface area contributed by atoms with E-state index in [9.17, 15) is 14.7 Å². The van der Waals surface area contributed by atoms with E-state index in [4.69, 9.17) is 4.74 Å². The molecule has 0 radical (unpaired) electrons. The van der Waals surface area contributed by atoms with Gasteiger partial charge in [-0.1, -0.05) is 28.1 Å². The first kappa shape index (κ1) is 21.3. The second-order valence-electron chi connectivity index (χ2n) is 7.37. The predicted molar refractivity (Wildman–Crippen MR) is 115 cm³/mol. The SMILES string of the molecule is Cc1cccc(OCC(O)CNC(=O)C2CC(=O)N(c3ccc(Br)c(C)c3)C2)c1. The van der Waals surface area contributed by atoms with E-state index in [2.05, 4.69) is 21.2 Å². The van der Waals surface area contributed by atoms with Crippen LogP contribution in [0.3, 0.4) is 0 Å². The summed E-state index contributed by atoms with van der Waals surface area (Å²) in [5.41, 5.74) is 2.89. The lowest BCUT2D eigenvalue weighted by Gasteiger charge is -2.18. The zero-order valence-electron chi connectivity index (χ0n) is 16.5. The summed E-state index contributed by atoms with van der Waals surface area (Å²) < 4.78 is 6.53. The van der Waals surface area contributed by atoms with Gasteiger partial charge in [-0.25, -0.2) is 0 Å². The lowest BCUT2D eigenvalue weighted by Crippen LogP contribution is -2.39. The molecule has 0 aliphatic carbocycles. The van der Waals surface area contributed by atoms with Crippen molar-refractivity contribution in [2.24, 2.45) is 5.92 Å². The minimum Gasteiger partial charge on any atom is -0.491 e. The summed E-state index contributed by atoms with van der Waals surface area (Å²) in [5, 5.41) is 12.8. The Kier molecular flexibility index (Phi) is 6.92. The standard InChI is InChI=1S/C22H25BrN2O4/c1-14-4-3-5-19(8-14)29-13-18(26)11-24-22(28)16-10-21(27)25(12-16)17-6-7-20(23)15(2)9-17/h3-9,16,18,26H,10-13H2,1-2H3,(H,24,28). The number of carbonyl (C=O) groups is 2. The fraction of sp³-hybridized carbons (Fsp3) is 0.364. The van der Waals surface area contributed by atoms with E-state index in [0.717, 1.165) is 21.3 Å². The van der Waals surface area contributed by atoms with Crippen LogP contribution in [0.1, 0.15) is 17.5 Å². The summed E-state index contributed by atoms with van der Waals surface area (Å²) >= 11 is 3.45. The number of benzene rings is 2. The van der Waals surface area contributed by atoms with E-state index < -0.39 is 12.0 Å². The molecule has 2 amide bonds. The monoisotopic (exact) mass is 460 g/mol. The first-order valence-corrected chi connectivity index (χ1v) is 10.3. The highest BCUT2D eigenvalue weighted by atomic mass is 79.9. The number of aryl methyl sites for hydroxylation is 2. The Morgan fingerprint density at radius 2 is 2.10 bits per heavy atom. The fourth-order valence-corrected chi connectivity index (χ4v) is 3.50. The molecule has 2 aromatic carbocycles.